The number of carbonyl (C=O) groups is 1. The Morgan fingerprint density at radius 3 is 2.50 bits per heavy atom. The zero-order valence-corrected chi connectivity index (χ0v) is 10.5. The number of aliphatic carboxylic acids is 1. The van der Waals surface area contributed by atoms with E-state index in [0.29, 0.717) is 6.42 Å². The average molecular weight is 244 g/mol. The monoisotopic (exact) mass is 244 g/mol. The molecule has 0 amide bonds. The number of rotatable bonds is 4. The molecule has 0 radical (unpaired) electrons. The van der Waals surface area contributed by atoms with E-state index in [1.165, 1.54) is 0 Å². The molecular weight excluding hydrogens is 228 g/mol. The summed E-state index contributed by atoms with van der Waals surface area (Å²) in [7, 11) is 0. The Morgan fingerprint density at radius 1 is 1.33 bits per heavy atom. The maximum Gasteiger partial charge on any atom is 0.327 e. The van der Waals surface area contributed by atoms with Gasteiger partial charge in [0.2, 0.25) is 0 Å². The van der Waals surface area contributed by atoms with Crippen LogP contribution < -0.4 is 0 Å². The van der Waals surface area contributed by atoms with Crippen molar-refractivity contribution in [1.29, 1.82) is 0 Å². The average Bonchev–Trinajstić information content (AvgIpc) is 2.66. The predicted molar refractivity (Wildman–Crippen MR) is 68.5 cm³/mol. The third-order valence-electron chi connectivity index (χ3n) is 2.93. The minimum absolute atomic E-state index is 0.465. The predicted octanol–water partition coefficient (Wildman–Crippen LogP) is 2.37. The molecule has 1 aromatic heterocycles. The van der Waals surface area contributed by atoms with Gasteiger partial charge in [-0.2, -0.15) is 0 Å². The van der Waals surface area contributed by atoms with E-state index in [4.69, 9.17) is 0 Å². The van der Waals surface area contributed by atoms with Gasteiger partial charge in [0.1, 0.15) is 11.9 Å². The van der Waals surface area contributed by atoms with E-state index in [0.717, 1.165) is 17.1 Å². The smallest absolute Gasteiger partial charge is 0.327 e. The van der Waals surface area contributed by atoms with Crippen LogP contribution >= 0.6 is 0 Å². The summed E-state index contributed by atoms with van der Waals surface area (Å²) in [5.74, 6) is -0.102. The molecule has 0 fully saturated rings. The zero-order chi connectivity index (χ0) is 13.1. The Morgan fingerprint density at radius 2 is 2.00 bits per heavy atom. The van der Waals surface area contributed by atoms with E-state index in [1.54, 1.807) is 10.8 Å². The molecule has 2 rings (SSSR count). The van der Waals surface area contributed by atoms with Crippen molar-refractivity contribution >= 4 is 5.97 Å². The fraction of sp³-hybridized carbons (Fsp3) is 0.286. The summed E-state index contributed by atoms with van der Waals surface area (Å²) in [6.07, 6.45) is 2.25. The molecule has 4 heteroatoms. The van der Waals surface area contributed by atoms with Crippen LogP contribution in [-0.2, 0) is 11.2 Å². The Kier molecular flexibility index (Phi) is 3.46. The molecule has 1 unspecified atom stereocenters. The van der Waals surface area contributed by atoms with E-state index < -0.39 is 12.0 Å². The number of nitrogens with zero attached hydrogens (tertiary/aromatic N) is 2. The van der Waals surface area contributed by atoms with Crippen molar-refractivity contribution in [2.75, 3.05) is 0 Å². The van der Waals surface area contributed by atoms with Crippen LogP contribution in [0, 0.1) is 13.8 Å². The molecule has 18 heavy (non-hydrogen) atoms. The summed E-state index contributed by atoms with van der Waals surface area (Å²) in [5, 5.41) is 9.37. The molecule has 0 bridgehead atoms. The van der Waals surface area contributed by atoms with Crippen LogP contribution in [-0.4, -0.2) is 20.6 Å². The molecule has 94 valence electrons. The fourth-order valence-electron chi connectivity index (χ4n) is 2.09. The zero-order valence-electron chi connectivity index (χ0n) is 10.5. The van der Waals surface area contributed by atoms with Crippen LogP contribution in [0.25, 0.3) is 0 Å². The third-order valence-corrected chi connectivity index (χ3v) is 2.93. The van der Waals surface area contributed by atoms with Crippen molar-refractivity contribution in [2.24, 2.45) is 0 Å². The second-order valence-corrected chi connectivity index (χ2v) is 4.38. The van der Waals surface area contributed by atoms with E-state index in [1.807, 2.05) is 44.2 Å². The van der Waals surface area contributed by atoms with Gasteiger partial charge in [-0.05, 0) is 19.4 Å². The van der Waals surface area contributed by atoms with Gasteiger partial charge >= 0.3 is 5.97 Å². The van der Waals surface area contributed by atoms with Crippen molar-refractivity contribution < 1.29 is 9.90 Å². The lowest BCUT2D eigenvalue weighted by molar-refractivity contribution is -0.140. The van der Waals surface area contributed by atoms with E-state index in [-0.39, 0.29) is 0 Å². The standard InChI is InChI=1S/C14H16N2O2/c1-10-9-16(11(2)15-10)13(14(17)18)8-12-6-4-3-5-7-12/h3-7,9,13H,8H2,1-2H3,(H,17,18). The van der Waals surface area contributed by atoms with Crippen LogP contribution in [0.4, 0.5) is 0 Å². The van der Waals surface area contributed by atoms with Gasteiger partial charge in [0, 0.05) is 12.6 Å². The number of aryl methyl sites for hydroxylation is 2. The Bertz CT molecular complexity index is 546. The van der Waals surface area contributed by atoms with Crippen molar-refractivity contribution in [3.8, 4) is 0 Å². The molecular formula is C14H16N2O2. The topological polar surface area (TPSA) is 55.1 Å². The molecule has 4 nitrogen and oxygen atoms in total. The second kappa shape index (κ2) is 5.04. The minimum atomic E-state index is -0.834. The number of aromatic nitrogens is 2. The van der Waals surface area contributed by atoms with Gasteiger partial charge in [0.25, 0.3) is 0 Å². The first-order valence-corrected chi connectivity index (χ1v) is 5.86. The second-order valence-electron chi connectivity index (χ2n) is 4.38. The van der Waals surface area contributed by atoms with Crippen LogP contribution in [0.2, 0.25) is 0 Å². The first-order valence-electron chi connectivity index (χ1n) is 5.86. The van der Waals surface area contributed by atoms with E-state index in [9.17, 15) is 9.90 Å². The minimum Gasteiger partial charge on any atom is -0.480 e. The van der Waals surface area contributed by atoms with Crippen LogP contribution in [0.15, 0.2) is 36.5 Å². The lowest BCUT2D eigenvalue weighted by Crippen LogP contribution is -2.21. The van der Waals surface area contributed by atoms with E-state index >= 15 is 0 Å². The summed E-state index contributed by atoms with van der Waals surface area (Å²) < 4.78 is 1.73. The first kappa shape index (κ1) is 12.4. The molecule has 1 N–H and O–H groups in total. The van der Waals surface area contributed by atoms with E-state index in [2.05, 4.69) is 4.98 Å². The number of carboxylic acid groups (broad SMARTS) is 1. The van der Waals surface area contributed by atoms with Gasteiger partial charge in [0.05, 0.1) is 5.69 Å². The summed E-state index contributed by atoms with van der Waals surface area (Å²) >= 11 is 0. The maximum absolute atomic E-state index is 11.4. The van der Waals surface area contributed by atoms with Gasteiger partial charge in [-0.25, -0.2) is 9.78 Å². The van der Waals surface area contributed by atoms with Gasteiger partial charge in [0.15, 0.2) is 0 Å². The van der Waals surface area contributed by atoms with Gasteiger partial charge in [-0.3, -0.25) is 0 Å². The van der Waals surface area contributed by atoms with Gasteiger partial charge in [-0.15, -0.1) is 0 Å². The number of imidazole rings is 1. The molecule has 0 saturated heterocycles. The van der Waals surface area contributed by atoms with Crippen molar-refractivity contribution in [3.05, 3.63) is 53.6 Å². The summed E-state index contributed by atoms with van der Waals surface area (Å²) in [4.78, 5) is 15.7. The van der Waals surface area contributed by atoms with Crippen molar-refractivity contribution in [1.82, 2.24) is 9.55 Å². The fourth-order valence-corrected chi connectivity index (χ4v) is 2.09. The lowest BCUT2D eigenvalue weighted by atomic mass is 10.1. The Labute approximate surface area is 106 Å². The Hall–Kier alpha value is -2.10. The summed E-state index contributed by atoms with van der Waals surface area (Å²) in [6.45, 7) is 3.69. The molecule has 0 spiro atoms. The summed E-state index contributed by atoms with van der Waals surface area (Å²) in [5.41, 5.74) is 1.85. The first-order chi connectivity index (χ1) is 8.58. The third kappa shape index (κ3) is 2.59. The van der Waals surface area contributed by atoms with Gasteiger partial charge < -0.3 is 9.67 Å². The molecule has 1 atom stereocenters. The number of hydrogen-bond acceptors (Lipinski definition) is 2. The molecule has 0 aliphatic heterocycles. The highest BCUT2D eigenvalue weighted by molar-refractivity contribution is 5.72. The Balaban J connectivity index is 2.30. The molecule has 1 heterocycles. The normalized spacial score (nSPS) is 12.3. The molecule has 1 aromatic carbocycles. The highest BCUT2D eigenvalue weighted by Gasteiger charge is 2.21. The molecule has 2 aromatic rings. The van der Waals surface area contributed by atoms with Crippen molar-refractivity contribution in [3.63, 3.8) is 0 Å². The van der Waals surface area contributed by atoms with Crippen molar-refractivity contribution in [2.45, 2.75) is 26.3 Å². The number of benzene rings is 1. The highest BCUT2D eigenvalue weighted by Crippen LogP contribution is 2.17. The van der Waals surface area contributed by atoms with Crippen LogP contribution in [0.1, 0.15) is 23.1 Å². The molecule has 0 aliphatic rings. The van der Waals surface area contributed by atoms with Gasteiger partial charge in [-0.1, -0.05) is 30.3 Å². The molecule has 0 aliphatic carbocycles. The summed E-state index contributed by atoms with van der Waals surface area (Å²) in [6, 6.07) is 9.03. The lowest BCUT2D eigenvalue weighted by Gasteiger charge is -2.15. The molecule has 0 saturated carbocycles. The van der Waals surface area contributed by atoms with Crippen LogP contribution in [0.5, 0.6) is 0 Å². The SMILES string of the molecule is Cc1cn(C(Cc2ccccc2)C(=O)O)c(C)n1. The quantitative estimate of drug-likeness (QED) is 0.898. The number of hydrogen-bond donors (Lipinski definition) is 1. The number of carboxylic acids is 1. The highest BCUT2D eigenvalue weighted by atomic mass is 16.4. The largest absolute Gasteiger partial charge is 0.480 e. The maximum atomic E-state index is 11.4. The van der Waals surface area contributed by atoms with Crippen LogP contribution in [0.3, 0.4) is 0 Å².